The summed E-state index contributed by atoms with van der Waals surface area (Å²) in [5, 5.41) is 3.26. The Hall–Kier alpha value is -0.810. The van der Waals surface area contributed by atoms with Gasteiger partial charge in [-0.2, -0.15) is 11.8 Å². The standard InChI is InChI=1S/C14H24FN3S/c1-11(2)9-16-10-12-5-6-17-14(13(12)15)18(3)7-8-19-4/h5-6,11,16H,7-10H2,1-4H3. The first-order valence-electron chi connectivity index (χ1n) is 6.60. The van der Waals surface area contributed by atoms with Crippen LogP contribution < -0.4 is 10.2 Å². The number of nitrogens with zero attached hydrogens (tertiary/aromatic N) is 2. The number of halogens is 1. The molecule has 1 heterocycles. The Morgan fingerprint density at radius 3 is 2.84 bits per heavy atom. The van der Waals surface area contributed by atoms with Crippen molar-refractivity contribution < 1.29 is 4.39 Å². The third-order valence-corrected chi connectivity index (χ3v) is 3.40. The number of hydrogen-bond donors (Lipinski definition) is 1. The maximum atomic E-state index is 14.3. The fraction of sp³-hybridized carbons (Fsp3) is 0.643. The molecule has 1 rings (SSSR count). The Bertz CT molecular complexity index is 385. The largest absolute Gasteiger partial charge is 0.356 e. The van der Waals surface area contributed by atoms with Crippen molar-refractivity contribution in [1.82, 2.24) is 10.3 Å². The van der Waals surface area contributed by atoms with Crippen LogP contribution in [0, 0.1) is 11.7 Å². The van der Waals surface area contributed by atoms with Gasteiger partial charge in [0.2, 0.25) is 0 Å². The second-order valence-corrected chi connectivity index (χ2v) is 6.03. The minimum Gasteiger partial charge on any atom is -0.356 e. The Kier molecular flexibility index (Phi) is 7.16. The number of nitrogens with one attached hydrogen (secondary N) is 1. The normalized spacial score (nSPS) is 11.1. The monoisotopic (exact) mass is 285 g/mol. The van der Waals surface area contributed by atoms with Crippen LogP contribution in [0.4, 0.5) is 10.2 Å². The summed E-state index contributed by atoms with van der Waals surface area (Å²) < 4.78 is 14.3. The van der Waals surface area contributed by atoms with Gasteiger partial charge >= 0.3 is 0 Å². The predicted molar refractivity (Wildman–Crippen MR) is 82.4 cm³/mol. The number of anilines is 1. The van der Waals surface area contributed by atoms with E-state index in [-0.39, 0.29) is 5.82 Å². The first kappa shape index (κ1) is 16.2. The van der Waals surface area contributed by atoms with Crippen molar-refractivity contribution in [3.8, 4) is 0 Å². The van der Waals surface area contributed by atoms with Crippen molar-refractivity contribution in [3.05, 3.63) is 23.6 Å². The van der Waals surface area contributed by atoms with E-state index >= 15 is 0 Å². The van der Waals surface area contributed by atoms with Crippen LogP contribution in [0.3, 0.4) is 0 Å². The molecule has 0 saturated carbocycles. The average Bonchev–Trinajstić information content (AvgIpc) is 2.37. The van der Waals surface area contributed by atoms with Gasteiger partial charge < -0.3 is 10.2 Å². The van der Waals surface area contributed by atoms with Crippen LogP contribution in [-0.2, 0) is 6.54 Å². The number of thioether (sulfide) groups is 1. The van der Waals surface area contributed by atoms with Crippen molar-refractivity contribution in [2.75, 3.05) is 37.0 Å². The van der Waals surface area contributed by atoms with Gasteiger partial charge in [0.15, 0.2) is 11.6 Å². The molecule has 5 heteroatoms. The van der Waals surface area contributed by atoms with Gasteiger partial charge in [-0.15, -0.1) is 0 Å². The van der Waals surface area contributed by atoms with Gasteiger partial charge in [-0.3, -0.25) is 0 Å². The molecule has 0 bridgehead atoms. The molecule has 1 aromatic rings. The summed E-state index contributed by atoms with van der Waals surface area (Å²) in [6, 6.07) is 1.74. The van der Waals surface area contributed by atoms with Crippen LogP contribution >= 0.6 is 11.8 Å². The van der Waals surface area contributed by atoms with Crippen LogP contribution in [0.5, 0.6) is 0 Å². The number of hydrogen-bond acceptors (Lipinski definition) is 4. The van der Waals surface area contributed by atoms with Crippen molar-refractivity contribution in [3.63, 3.8) is 0 Å². The van der Waals surface area contributed by atoms with E-state index in [0.717, 1.165) is 18.8 Å². The lowest BCUT2D eigenvalue weighted by Crippen LogP contribution is -2.24. The van der Waals surface area contributed by atoms with Gasteiger partial charge in [0.05, 0.1) is 0 Å². The summed E-state index contributed by atoms with van der Waals surface area (Å²) >= 11 is 1.75. The van der Waals surface area contributed by atoms with Crippen LogP contribution in [0.15, 0.2) is 12.3 Å². The highest BCUT2D eigenvalue weighted by molar-refractivity contribution is 7.98. The molecule has 108 valence electrons. The molecular weight excluding hydrogens is 261 g/mol. The van der Waals surface area contributed by atoms with Crippen LogP contribution in [-0.4, -0.2) is 37.1 Å². The highest BCUT2D eigenvalue weighted by Crippen LogP contribution is 2.18. The first-order valence-corrected chi connectivity index (χ1v) is 7.99. The Balaban J connectivity index is 2.68. The van der Waals surface area contributed by atoms with Crippen LogP contribution in [0.25, 0.3) is 0 Å². The second kappa shape index (κ2) is 8.38. The van der Waals surface area contributed by atoms with Gasteiger partial charge in [0.1, 0.15) is 0 Å². The lowest BCUT2D eigenvalue weighted by Gasteiger charge is -2.19. The fourth-order valence-electron chi connectivity index (χ4n) is 1.70. The van der Waals surface area contributed by atoms with Gasteiger partial charge in [0, 0.05) is 37.7 Å². The zero-order valence-electron chi connectivity index (χ0n) is 12.2. The first-order chi connectivity index (χ1) is 9.06. The predicted octanol–water partition coefficient (Wildman–Crippen LogP) is 2.77. The molecule has 0 aliphatic heterocycles. The Morgan fingerprint density at radius 1 is 1.47 bits per heavy atom. The molecule has 0 aliphatic rings. The summed E-state index contributed by atoms with van der Waals surface area (Å²) in [6.45, 7) is 6.51. The SMILES string of the molecule is CSCCN(C)c1nccc(CNCC(C)C)c1F. The maximum Gasteiger partial charge on any atom is 0.170 e. The molecule has 0 saturated heterocycles. The van der Waals surface area contributed by atoms with E-state index in [1.165, 1.54) is 0 Å². The molecule has 0 atom stereocenters. The van der Waals surface area contributed by atoms with E-state index in [1.54, 1.807) is 24.0 Å². The molecule has 0 amide bonds. The van der Waals surface area contributed by atoms with E-state index in [0.29, 0.717) is 23.8 Å². The summed E-state index contributed by atoms with van der Waals surface area (Å²) in [5.41, 5.74) is 0.682. The van der Waals surface area contributed by atoms with Gasteiger partial charge in [0.25, 0.3) is 0 Å². The third kappa shape index (κ3) is 5.37. The quantitative estimate of drug-likeness (QED) is 0.795. The molecule has 0 fully saturated rings. The average molecular weight is 285 g/mol. The van der Waals surface area contributed by atoms with Crippen molar-refractivity contribution in [1.29, 1.82) is 0 Å². The maximum absolute atomic E-state index is 14.3. The molecule has 3 nitrogen and oxygen atoms in total. The van der Waals surface area contributed by atoms with Crippen molar-refractivity contribution >= 4 is 17.6 Å². The van der Waals surface area contributed by atoms with Gasteiger partial charge in [-0.25, -0.2) is 9.37 Å². The minimum atomic E-state index is -0.206. The summed E-state index contributed by atoms with van der Waals surface area (Å²) in [6.07, 6.45) is 3.73. The second-order valence-electron chi connectivity index (χ2n) is 5.05. The lowest BCUT2D eigenvalue weighted by atomic mass is 10.2. The van der Waals surface area contributed by atoms with Crippen molar-refractivity contribution in [2.45, 2.75) is 20.4 Å². The van der Waals surface area contributed by atoms with Crippen LogP contribution in [0.1, 0.15) is 19.4 Å². The molecule has 19 heavy (non-hydrogen) atoms. The number of rotatable bonds is 8. The highest BCUT2D eigenvalue weighted by Gasteiger charge is 2.12. The van der Waals surface area contributed by atoms with E-state index in [9.17, 15) is 4.39 Å². The van der Waals surface area contributed by atoms with E-state index < -0.39 is 0 Å². The van der Waals surface area contributed by atoms with E-state index in [2.05, 4.69) is 24.1 Å². The summed E-state index contributed by atoms with van der Waals surface area (Å²) in [5.74, 6) is 1.77. The summed E-state index contributed by atoms with van der Waals surface area (Å²) in [4.78, 5) is 6.02. The molecule has 0 radical (unpaired) electrons. The van der Waals surface area contributed by atoms with Crippen molar-refractivity contribution in [2.24, 2.45) is 5.92 Å². The highest BCUT2D eigenvalue weighted by atomic mass is 32.2. The molecular formula is C14H24FN3S. The zero-order valence-corrected chi connectivity index (χ0v) is 13.1. The van der Waals surface area contributed by atoms with E-state index in [1.807, 2.05) is 18.2 Å². The number of aromatic nitrogens is 1. The Labute approximate surface area is 120 Å². The molecule has 0 aliphatic carbocycles. The molecule has 0 aromatic carbocycles. The fourth-order valence-corrected chi connectivity index (χ4v) is 2.16. The Morgan fingerprint density at radius 2 is 2.21 bits per heavy atom. The lowest BCUT2D eigenvalue weighted by molar-refractivity contribution is 0.532. The third-order valence-electron chi connectivity index (χ3n) is 2.81. The molecule has 1 N–H and O–H groups in total. The van der Waals surface area contributed by atoms with E-state index in [4.69, 9.17) is 0 Å². The molecule has 0 spiro atoms. The topological polar surface area (TPSA) is 28.2 Å². The minimum absolute atomic E-state index is 0.206. The molecule has 0 unspecified atom stereocenters. The smallest absolute Gasteiger partial charge is 0.170 e. The molecule has 1 aromatic heterocycles. The summed E-state index contributed by atoms with van der Waals surface area (Å²) in [7, 11) is 1.88. The zero-order chi connectivity index (χ0) is 14.3. The van der Waals surface area contributed by atoms with Gasteiger partial charge in [-0.1, -0.05) is 13.8 Å². The number of pyridine rings is 1. The van der Waals surface area contributed by atoms with Crippen LogP contribution in [0.2, 0.25) is 0 Å². The van der Waals surface area contributed by atoms with Gasteiger partial charge in [-0.05, 0) is 24.8 Å².